The van der Waals surface area contributed by atoms with Crippen LogP contribution in [-0.4, -0.2) is 18.0 Å². The first kappa shape index (κ1) is 14.4. The summed E-state index contributed by atoms with van der Waals surface area (Å²) >= 11 is 5.89. The van der Waals surface area contributed by atoms with Crippen LogP contribution in [0.5, 0.6) is 0 Å². The Hall–Kier alpha value is -1.57. The molecule has 4 nitrogen and oxygen atoms in total. The van der Waals surface area contributed by atoms with Crippen LogP contribution in [0.3, 0.4) is 0 Å². The molecule has 2 heterocycles. The third-order valence-electron chi connectivity index (χ3n) is 4.42. The lowest BCUT2D eigenvalue weighted by atomic mass is 9.89. The Bertz CT molecular complexity index is 584. The van der Waals surface area contributed by atoms with Gasteiger partial charge in [-0.25, -0.2) is 0 Å². The van der Waals surface area contributed by atoms with E-state index in [4.69, 9.17) is 16.9 Å². The van der Waals surface area contributed by atoms with Gasteiger partial charge >= 0.3 is 0 Å². The Kier molecular flexibility index (Phi) is 4.14. The molecule has 1 aromatic rings. The van der Waals surface area contributed by atoms with Crippen molar-refractivity contribution in [2.24, 2.45) is 5.92 Å². The molecule has 2 unspecified atom stereocenters. The minimum Gasteiger partial charge on any atom is -0.326 e. The molecule has 2 aliphatic rings. The molecule has 1 aromatic carbocycles. The number of rotatable bonds is 3. The van der Waals surface area contributed by atoms with Crippen LogP contribution >= 0.6 is 11.6 Å². The summed E-state index contributed by atoms with van der Waals surface area (Å²) in [6.45, 7) is 0. The van der Waals surface area contributed by atoms with Crippen LogP contribution in [0.2, 0.25) is 5.02 Å². The smallest absolute Gasteiger partial charge is 0.224 e. The van der Waals surface area contributed by atoms with Gasteiger partial charge < -0.3 is 10.6 Å². The number of amides is 1. The van der Waals surface area contributed by atoms with Crippen molar-refractivity contribution in [3.8, 4) is 6.07 Å². The summed E-state index contributed by atoms with van der Waals surface area (Å²) < 4.78 is 0. The van der Waals surface area contributed by atoms with Crippen LogP contribution in [0, 0.1) is 17.2 Å². The van der Waals surface area contributed by atoms with Crippen molar-refractivity contribution in [3.05, 3.63) is 28.8 Å². The molecule has 2 atom stereocenters. The van der Waals surface area contributed by atoms with E-state index in [9.17, 15) is 4.79 Å². The summed E-state index contributed by atoms with van der Waals surface area (Å²) in [5, 5.41) is 15.8. The van der Waals surface area contributed by atoms with Crippen LogP contribution in [-0.2, 0) is 4.79 Å². The van der Waals surface area contributed by atoms with Crippen molar-refractivity contribution in [1.82, 2.24) is 5.32 Å². The van der Waals surface area contributed by atoms with Gasteiger partial charge in [-0.1, -0.05) is 11.6 Å². The Morgan fingerprint density at radius 3 is 2.76 bits per heavy atom. The highest BCUT2D eigenvalue weighted by atomic mass is 35.5. The molecule has 1 amide bonds. The number of hydrogen-bond acceptors (Lipinski definition) is 3. The molecule has 110 valence electrons. The Labute approximate surface area is 129 Å². The first-order valence-electron chi connectivity index (χ1n) is 7.39. The van der Waals surface area contributed by atoms with Gasteiger partial charge in [0.1, 0.15) is 6.07 Å². The van der Waals surface area contributed by atoms with Gasteiger partial charge in [0.05, 0.1) is 10.6 Å². The second-order valence-corrected chi connectivity index (χ2v) is 6.44. The van der Waals surface area contributed by atoms with E-state index in [2.05, 4.69) is 10.6 Å². The number of nitrogens with one attached hydrogen (secondary N) is 2. The van der Waals surface area contributed by atoms with Crippen molar-refractivity contribution in [2.75, 3.05) is 5.32 Å². The zero-order chi connectivity index (χ0) is 14.8. The predicted octanol–water partition coefficient (Wildman–Crippen LogP) is 3.07. The summed E-state index contributed by atoms with van der Waals surface area (Å²) in [7, 11) is 0. The molecule has 2 saturated heterocycles. The SMILES string of the molecule is N#Cc1cc(NC(=O)CC2CC3CCC(C2)N3)ccc1Cl. The lowest BCUT2D eigenvalue weighted by Crippen LogP contribution is -2.39. The molecule has 21 heavy (non-hydrogen) atoms. The monoisotopic (exact) mass is 303 g/mol. The summed E-state index contributed by atoms with van der Waals surface area (Å²) in [6, 6.07) is 8.20. The first-order chi connectivity index (χ1) is 10.1. The van der Waals surface area contributed by atoms with E-state index in [1.54, 1.807) is 18.2 Å². The van der Waals surface area contributed by atoms with Gasteiger partial charge in [0, 0.05) is 24.2 Å². The van der Waals surface area contributed by atoms with Crippen LogP contribution < -0.4 is 10.6 Å². The van der Waals surface area contributed by atoms with E-state index < -0.39 is 0 Å². The fourth-order valence-corrected chi connectivity index (χ4v) is 3.66. The highest BCUT2D eigenvalue weighted by Gasteiger charge is 2.34. The van der Waals surface area contributed by atoms with Crippen LogP contribution in [0.25, 0.3) is 0 Å². The Balaban J connectivity index is 1.58. The summed E-state index contributed by atoms with van der Waals surface area (Å²) in [5.74, 6) is 0.485. The number of anilines is 1. The molecular formula is C16H18ClN3O. The van der Waals surface area contributed by atoms with Crippen LogP contribution in [0.15, 0.2) is 18.2 Å². The molecule has 0 saturated carbocycles. The lowest BCUT2D eigenvalue weighted by molar-refractivity contribution is -0.117. The number of fused-ring (bicyclic) bond motifs is 2. The molecule has 5 heteroatoms. The minimum absolute atomic E-state index is 0.0208. The fraction of sp³-hybridized carbons (Fsp3) is 0.500. The van der Waals surface area contributed by atoms with Crippen molar-refractivity contribution in [2.45, 2.75) is 44.2 Å². The maximum absolute atomic E-state index is 12.2. The number of carbonyl (C=O) groups excluding carboxylic acids is 1. The Morgan fingerprint density at radius 2 is 2.10 bits per heavy atom. The van der Waals surface area contributed by atoms with Crippen molar-refractivity contribution in [1.29, 1.82) is 5.26 Å². The fourth-order valence-electron chi connectivity index (χ4n) is 3.50. The zero-order valence-electron chi connectivity index (χ0n) is 11.7. The van der Waals surface area contributed by atoms with Gasteiger partial charge in [-0.3, -0.25) is 4.79 Å². The summed E-state index contributed by atoms with van der Waals surface area (Å²) in [4.78, 5) is 12.2. The van der Waals surface area contributed by atoms with Gasteiger partial charge in [-0.2, -0.15) is 5.26 Å². The van der Waals surface area contributed by atoms with E-state index in [0.717, 1.165) is 12.8 Å². The van der Waals surface area contributed by atoms with Gasteiger partial charge in [0.2, 0.25) is 5.91 Å². The topological polar surface area (TPSA) is 64.9 Å². The molecular weight excluding hydrogens is 286 g/mol. The van der Waals surface area contributed by atoms with Gasteiger partial charge in [0.25, 0.3) is 0 Å². The van der Waals surface area contributed by atoms with Gasteiger partial charge in [-0.15, -0.1) is 0 Å². The second-order valence-electron chi connectivity index (χ2n) is 6.03. The largest absolute Gasteiger partial charge is 0.326 e. The minimum atomic E-state index is 0.0208. The summed E-state index contributed by atoms with van der Waals surface area (Å²) in [6.07, 6.45) is 5.22. The van der Waals surface area contributed by atoms with Crippen LogP contribution in [0.4, 0.5) is 5.69 Å². The number of benzene rings is 1. The average Bonchev–Trinajstić information content (AvgIpc) is 2.80. The normalized spacial score (nSPS) is 27.1. The standard InChI is InChI=1S/C16H18ClN3O/c17-15-4-3-14(8-11(15)9-18)20-16(21)7-10-5-12-1-2-13(6-10)19-12/h3-4,8,10,12-13,19H,1-2,5-7H2,(H,20,21). The van der Waals surface area contributed by atoms with Gasteiger partial charge in [-0.05, 0) is 49.8 Å². The number of nitrogens with zero attached hydrogens (tertiary/aromatic N) is 1. The van der Waals surface area contributed by atoms with E-state index in [1.807, 2.05) is 6.07 Å². The van der Waals surface area contributed by atoms with E-state index >= 15 is 0 Å². The maximum Gasteiger partial charge on any atom is 0.224 e. The van der Waals surface area contributed by atoms with Crippen molar-refractivity contribution < 1.29 is 4.79 Å². The number of hydrogen-bond donors (Lipinski definition) is 2. The number of halogens is 1. The average molecular weight is 304 g/mol. The third kappa shape index (κ3) is 3.37. The highest BCUT2D eigenvalue weighted by Crippen LogP contribution is 2.32. The van der Waals surface area contributed by atoms with Gasteiger partial charge in [0.15, 0.2) is 0 Å². The summed E-state index contributed by atoms with van der Waals surface area (Å²) in [5.41, 5.74) is 1.02. The molecule has 0 aliphatic carbocycles. The molecule has 2 fully saturated rings. The zero-order valence-corrected chi connectivity index (χ0v) is 12.5. The van der Waals surface area contributed by atoms with Crippen molar-refractivity contribution in [3.63, 3.8) is 0 Å². The lowest BCUT2D eigenvalue weighted by Gasteiger charge is -2.28. The van der Waals surface area contributed by atoms with E-state index in [0.29, 0.717) is 40.7 Å². The second kappa shape index (κ2) is 6.05. The third-order valence-corrected chi connectivity index (χ3v) is 4.74. The molecule has 2 aliphatic heterocycles. The number of carbonyl (C=O) groups is 1. The molecule has 3 rings (SSSR count). The Morgan fingerprint density at radius 1 is 1.38 bits per heavy atom. The maximum atomic E-state index is 12.2. The predicted molar refractivity (Wildman–Crippen MR) is 82.1 cm³/mol. The molecule has 2 bridgehead atoms. The number of piperidine rings is 1. The highest BCUT2D eigenvalue weighted by molar-refractivity contribution is 6.31. The molecule has 0 radical (unpaired) electrons. The van der Waals surface area contributed by atoms with E-state index in [1.165, 1.54) is 12.8 Å². The molecule has 0 spiro atoms. The molecule has 0 aromatic heterocycles. The van der Waals surface area contributed by atoms with Crippen LogP contribution in [0.1, 0.15) is 37.7 Å². The quantitative estimate of drug-likeness (QED) is 0.902. The van der Waals surface area contributed by atoms with Crippen molar-refractivity contribution >= 4 is 23.2 Å². The van der Waals surface area contributed by atoms with E-state index in [-0.39, 0.29) is 5.91 Å². The molecule has 2 N–H and O–H groups in total. The first-order valence-corrected chi connectivity index (χ1v) is 7.77. The number of nitriles is 1.